The van der Waals surface area contributed by atoms with E-state index >= 15 is 0 Å². The summed E-state index contributed by atoms with van der Waals surface area (Å²) in [5.41, 5.74) is 1.28. The molecule has 1 aromatic carbocycles. The van der Waals surface area contributed by atoms with Crippen LogP contribution in [0.4, 0.5) is 4.39 Å². The van der Waals surface area contributed by atoms with E-state index in [1.54, 1.807) is 6.07 Å². The number of fused-ring (bicyclic) bond motifs is 1. The van der Waals surface area contributed by atoms with Gasteiger partial charge in [-0.05, 0) is 25.0 Å². The van der Waals surface area contributed by atoms with Crippen LogP contribution in [0.3, 0.4) is 0 Å². The Labute approximate surface area is 92.5 Å². The van der Waals surface area contributed by atoms with Gasteiger partial charge in [-0.2, -0.15) is 0 Å². The fraction of sp³-hybridized carbons (Fsp3) is 0.417. The quantitative estimate of drug-likeness (QED) is 0.859. The van der Waals surface area contributed by atoms with Gasteiger partial charge in [0.2, 0.25) is 0 Å². The van der Waals surface area contributed by atoms with Crippen molar-refractivity contribution < 1.29 is 9.50 Å². The summed E-state index contributed by atoms with van der Waals surface area (Å²) >= 11 is 0. The van der Waals surface area contributed by atoms with Gasteiger partial charge < -0.3 is 9.67 Å². The zero-order chi connectivity index (χ0) is 11.1. The number of aliphatic hydroxyl groups excluding tert-OH is 1. The molecule has 4 heteroatoms. The number of aromatic nitrogens is 2. The Bertz CT molecular complexity index is 531. The maximum absolute atomic E-state index is 13.6. The second kappa shape index (κ2) is 3.56. The van der Waals surface area contributed by atoms with Crippen LogP contribution in [0.25, 0.3) is 11.0 Å². The Morgan fingerprint density at radius 3 is 2.94 bits per heavy atom. The summed E-state index contributed by atoms with van der Waals surface area (Å²) in [5, 5.41) is 8.99. The topological polar surface area (TPSA) is 38.1 Å². The van der Waals surface area contributed by atoms with Gasteiger partial charge in [0.05, 0.1) is 12.1 Å². The highest BCUT2D eigenvalue weighted by Crippen LogP contribution is 2.39. The van der Waals surface area contributed by atoms with Crippen molar-refractivity contribution in [3.05, 3.63) is 29.8 Å². The predicted molar refractivity (Wildman–Crippen MR) is 58.8 cm³/mol. The average Bonchev–Trinajstić information content (AvgIpc) is 3.02. The molecular weight excluding hydrogens is 207 g/mol. The zero-order valence-corrected chi connectivity index (χ0v) is 8.86. The van der Waals surface area contributed by atoms with E-state index in [-0.39, 0.29) is 12.4 Å². The van der Waals surface area contributed by atoms with Crippen LogP contribution in [0, 0.1) is 5.82 Å². The molecule has 1 aliphatic rings. The third kappa shape index (κ3) is 1.41. The lowest BCUT2D eigenvalue weighted by Gasteiger charge is -2.05. The fourth-order valence-corrected chi connectivity index (χ4v) is 2.15. The average molecular weight is 220 g/mol. The molecule has 0 unspecified atom stereocenters. The molecule has 0 aliphatic heterocycles. The Kier molecular flexibility index (Phi) is 2.17. The van der Waals surface area contributed by atoms with Gasteiger partial charge in [-0.15, -0.1) is 0 Å². The van der Waals surface area contributed by atoms with Gasteiger partial charge in [0.1, 0.15) is 11.3 Å². The number of halogens is 1. The van der Waals surface area contributed by atoms with Gasteiger partial charge in [-0.25, -0.2) is 9.37 Å². The van der Waals surface area contributed by atoms with E-state index in [4.69, 9.17) is 5.11 Å². The van der Waals surface area contributed by atoms with Crippen LogP contribution in [0.1, 0.15) is 24.7 Å². The third-order valence-corrected chi connectivity index (χ3v) is 2.99. The highest BCUT2D eigenvalue weighted by atomic mass is 19.1. The molecule has 0 atom stereocenters. The standard InChI is InChI=1S/C12H13FN2O/c13-9-2-1-3-10-12(9)14-11(6-7-16)15(10)8-4-5-8/h1-3,8,16H,4-7H2. The second-order valence-corrected chi connectivity index (χ2v) is 4.21. The van der Waals surface area contributed by atoms with E-state index < -0.39 is 0 Å². The molecule has 1 heterocycles. The molecule has 0 bridgehead atoms. The molecule has 0 spiro atoms. The molecule has 1 N–H and O–H groups in total. The lowest BCUT2D eigenvalue weighted by Crippen LogP contribution is -2.03. The molecule has 1 saturated carbocycles. The number of aliphatic hydroxyl groups is 1. The monoisotopic (exact) mass is 220 g/mol. The maximum atomic E-state index is 13.6. The number of rotatable bonds is 3. The van der Waals surface area contributed by atoms with Gasteiger partial charge in [0.25, 0.3) is 0 Å². The smallest absolute Gasteiger partial charge is 0.151 e. The third-order valence-electron chi connectivity index (χ3n) is 2.99. The van der Waals surface area contributed by atoms with E-state index in [1.807, 2.05) is 6.07 Å². The summed E-state index contributed by atoms with van der Waals surface area (Å²) in [5.74, 6) is 0.515. The van der Waals surface area contributed by atoms with Crippen molar-refractivity contribution in [3.63, 3.8) is 0 Å². The van der Waals surface area contributed by atoms with Crippen LogP contribution in [-0.4, -0.2) is 21.3 Å². The highest BCUT2D eigenvalue weighted by Gasteiger charge is 2.28. The number of nitrogens with zero attached hydrogens (tertiary/aromatic N) is 2. The minimum absolute atomic E-state index is 0.0532. The van der Waals surface area contributed by atoms with Gasteiger partial charge in [0.15, 0.2) is 5.82 Å². The molecular formula is C12H13FN2O. The Balaban J connectivity index is 2.24. The van der Waals surface area contributed by atoms with Crippen LogP contribution in [0.5, 0.6) is 0 Å². The first-order chi connectivity index (χ1) is 7.81. The van der Waals surface area contributed by atoms with Crippen LogP contribution >= 0.6 is 0 Å². The summed E-state index contributed by atoms with van der Waals surface area (Å²) in [7, 11) is 0. The summed E-state index contributed by atoms with van der Waals surface area (Å²) in [6, 6.07) is 5.48. The van der Waals surface area contributed by atoms with E-state index in [0.717, 1.165) is 24.2 Å². The van der Waals surface area contributed by atoms with Crippen molar-refractivity contribution in [2.75, 3.05) is 6.61 Å². The molecule has 1 aliphatic carbocycles. The van der Waals surface area contributed by atoms with E-state index in [2.05, 4.69) is 9.55 Å². The number of hydrogen-bond donors (Lipinski definition) is 1. The molecule has 0 saturated heterocycles. The van der Waals surface area contributed by atoms with Crippen LogP contribution in [0.2, 0.25) is 0 Å². The van der Waals surface area contributed by atoms with Crippen molar-refractivity contribution in [1.29, 1.82) is 0 Å². The summed E-state index contributed by atoms with van der Waals surface area (Å²) in [6.45, 7) is 0.0532. The summed E-state index contributed by atoms with van der Waals surface area (Å²) < 4.78 is 15.6. The van der Waals surface area contributed by atoms with Crippen molar-refractivity contribution in [3.8, 4) is 0 Å². The number of para-hydroxylation sites is 1. The second-order valence-electron chi connectivity index (χ2n) is 4.21. The minimum Gasteiger partial charge on any atom is -0.396 e. The fourth-order valence-electron chi connectivity index (χ4n) is 2.15. The first-order valence-electron chi connectivity index (χ1n) is 5.57. The Hall–Kier alpha value is -1.42. The number of imidazole rings is 1. The zero-order valence-electron chi connectivity index (χ0n) is 8.86. The normalized spacial score (nSPS) is 15.9. The molecule has 1 fully saturated rings. The van der Waals surface area contributed by atoms with Gasteiger partial charge in [-0.3, -0.25) is 0 Å². The molecule has 0 amide bonds. The van der Waals surface area contributed by atoms with Crippen molar-refractivity contribution >= 4 is 11.0 Å². The highest BCUT2D eigenvalue weighted by molar-refractivity contribution is 5.77. The first-order valence-corrected chi connectivity index (χ1v) is 5.57. The molecule has 84 valence electrons. The SMILES string of the molecule is OCCc1nc2c(F)cccc2n1C1CC1. The number of hydrogen-bond acceptors (Lipinski definition) is 2. The minimum atomic E-state index is -0.281. The van der Waals surface area contributed by atoms with Crippen LogP contribution in [-0.2, 0) is 6.42 Å². The largest absolute Gasteiger partial charge is 0.396 e. The molecule has 3 nitrogen and oxygen atoms in total. The van der Waals surface area contributed by atoms with Gasteiger partial charge in [0, 0.05) is 12.5 Å². The van der Waals surface area contributed by atoms with E-state index in [0.29, 0.717) is 18.0 Å². The van der Waals surface area contributed by atoms with Crippen LogP contribution < -0.4 is 0 Å². The van der Waals surface area contributed by atoms with E-state index in [1.165, 1.54) is 6.07 Å². The lowest BCUT2D eigenvalue weighted by atomic mass is 10.3. The Morgan fingerprint density at radius 2 is 2.25 bits per heavy atom. The molecule has 1 aromatic heterocycles. The van der Waals surface area contributed by atoms with Crippen molar-refractivity contribution in [1.82, 2.24) is 9.55 Å². The lowest BCUT2D eigenvalue weighted by molar-refractivity contribution is 0.295. The predicted octanol–water partition coefficient (Wildman–Crippen LogP) is 2.05. The Morgan fingerprint density at radius 1 is 1.44 bits per heavy atom. The van der Waals surface area contributed by atoms with Crippen LogP contribution in [0.15, 0.2) is 18.2 Å². The molecule has 2 aromatic rings. The summed E-state index contributed by atoms with van der Waals surface area (Å²) in [6.07, 6.45) is 2.74. The maximum Gasteiger partial charge on any atom is 0.151 e. The van der Waals surface area contributed by atoms with Gasteiger partial charge >= 0.3 is 0 Å². The van der Waals surface area contributed by atoms with Crippen molar-refractivity contribution in [2.45, 2.75) is 25.3 Å². The molecule has 3 rings (SSSR count). The molecule has 16 heavy (non-hydrogen) atoms. The summed E-state index contributed by atoms with van der Waals surface area (Å²) in [4.78, 5) is 4.29. The van der Waals surface area contributed by atoms with Crippen molar-refractivity contribution in [2.24, 2.45) is 0 Å². The number of benzene rings is 1. The van der Waals surface area contributed by atoms with E-state index in [9.17, 15) is 4.39 Å². The first kappa shape index (κ1) is 9.78. The molecule has 0 radical (unpaired) electrons. The van der Waals surface area contributed by atoms with Gasteiger partial charge in [-0.1, -0.05) is 6.07 Å².